The zero-order chi connectivity index (χ0) is 12.8. The molecule has 100 valence electrons. The summed E-state index contributed by atoms with van der Waals surface area (Å²) in [7, 11) is 1.90. The summed E-state index contributed by atoms with van der Waals surface area (Å²) in [6, 6.07) is 0. The number of H-pyrrole nitrogens is 1. The first-order valence-corrected chi connectivity index (χ1v) is 7.00. The van der Waals surface area contributed by atoms with Crippen molar-refractivity contribution in [3.63, 3.8) is 0 Å². The van der Waals surface area contributed by atoms with Crippen LogP contribution in [0.3, 0.4) is 0 Å². The summed E-state index contributed by atoms with van der Waals surface area (Å²) in [4.78, 5) is 14.2. The van der Waals surface area contributed by atoms with Crippen LogP contribution >= 0.6 is 0 Å². The van der Waals surface area contributed by atoms with Gasteiger partial charge in [0.1, 0.15) is 0 Å². The van der Waals surface area contributed by atoms with Crippen LogP contribution < -0.4 is 0 Å². The molecule has 1 aliphatic rings. The second-order valence-corrected chi connectivity index (χ2v) is 5.34. The lowest BCUT2D eigenvalue weighted by molar-refractivity contribution is -0.135. The van der Waals surface area contributed by atoms with Crippen LogP contribution in [0, 0.1) is 5.92 Å². The first-order chi connectivity index (χ1) is 8.77. The summed E-state index contributed by atoms with van der Waals surface area (Å²) in [5.41, 5.74) is 1.07. The van der Waals surface area contributed by atoms with Crippen LogP contribution in [-0.2, 0) is 11.3 Å². The Bertz CT molecular complexity index is 353. The minimum absolute atomic E-state index is 0.238. The van der Waals surface area contributed by atoms with E-state index in [0.717, 1.165) is 18.4 Å². The molecular weight excluding hydrogens is 226 g/mol. The number of aromatic nitrogens is 2. The monoisotopic (exact) mass is 249 g/mol. The molecule has 18 heavy (non-hydrogen) atoms. The van der Waals surface area contributed by atoms with Gasteiger partial charge in [0.15, 0.2) is 0 Å². The van der Waals surface area contributed by atoms with Crippen molar-refractivity contribution in [1.82, 2.24) is 15.1 Å². The second kappa shape index (κ2) is 6.57. The summed E-state index contributed by atoms with van der Waals surface area (Å²) in [6.45, 7) is 0.659. The molecule has 1 aromatic rings. The highest BCUT2D eigenvalue weighted by molar-refractivity contribution is 5.78. The maximum Gasteiger partial charge on any atom is 0.225 e. The Morgan fingerprint density at radius 1 is 1.33 bits per heavy atom. The average Bonchev–Trinajstić information content (AvgIpc) is 2.80. The van der Waals surface area contributed by atoms with Gasteiger partial charge in [-0.1, -0.05) is 32.1 Å². The minimum atomic E-state index is 0.238. The fourth-order valence-electron chi connectivity index (χ4n) is 2.73. The van der Waals surface area contributed by atoms with Gasteiger partial charge in [-0.2, -0.15) is 5.10 Å². The van der Waals surface area contributed by atoms with E-state index in [2.05, 4.69) is 10.2 Å². The number of carbonyl (C=O) groups excluding carboxylic acids is 1. The first kappa shape index (κ1) is 13.1. The molecule has 2 rings (SSSR count). The Morgan fingerprint density at radius 3 is 2.61 bits per heavy atom. The van der Waals surface area contributed by atoms with Crippen LogP contribution in [0.25, 0.3) is 0 Å². The molecule has 1 N–H and O–H groups in total. The molecule has 1 fully saturated rings. The molecule has 1 amide bonds. The topological polar surface area (TPSA) is 49.0 Å². The Hall–Kier alpha value is -1.32. The van der Waals surface area contributed by atoms with E-state index in [-0.39, 0.29) is 5.92 Å². The molecule has 0 bridgehead atoms. The van der Waals surface area contributed by atoms with Crippen molar-refractivity contribution in [3.8, 4) is 0 Å². The largest absolute Gasteiger partial charge is 0.341 e. The number of carbonyl (C=O) groups is 1. The standard InChI is InChI=1S/C14H23N3O/c1-17(11-12-9-15-16-10-12)14(18)13-7-5-3-2-4-6-8-13/h9-10,13H,2-8,11H2,1H3,(H,15,16). The summed E-state index contributed by atoms with van der Waals surface area (Å²) >= 11 is 0. The first-order valence-electron chi connectivity index (χ1n) is 7.00. The molecule has 1 aromatic heterocycles. The molecule has 4 heteroatoms. The molecular formula is C14H23N3O. The third kappa shape index (κ3) is 3.59. The van der Waals surface area contributed by atoms with Gasteiger partial charge >= 0.3 is 0 Å². The molecule has 0 atom stereocenters. The third-order valence-corrected chi connectivity index (χ3v) is 3.81. The predicted octanol–water partition coefficient (Wildman–Crippen LogP) is 2.73. The molecule has 0 saturated heterocycles. The average molecular weight is 249 g/mol. The number of aromatic amines is 1. The van der Waals surface area contributed by atoms with Gasteiger partial charge in [-0.3, -0.25) is 9.89 Å². The van der Waals surface area contributed by atoms with E-state index in [1.165, 1.54) is 32.1 Å². The summed E-state index contributed by atoms with van der Waals surface area (Å²) in [6.07, 6.45) is 12.1. The van der Waals surface area contributed by atoms with E-state index < -0.39 is 0 Å². The molecule has 1 heterocycles. The number of nitrogens with one attached hydrogen (secondary N) is 1. The van der Waals surface area contributed by atoms with Crippen LogP contribution in [-0.4, -0.2) is 28.1 Å². The van der Waals surface area contributed by atoms with E-state index in [9.17, 15) is 4.79 Å². The van der Waals surface area contributed by atoms with Gasteiger partial charge in [0, 0.05) is 31.3 Å². The molecule has 0 spiro atoms. The van der Waals surface area contributed by atoms with Crippen molar-refractivity contribution in [2.45, 2.75) is 51.5 Å². The van der Waals surface area contributed by atoms with Crippen LogP contribution in [0.15, 0.2) is 12.4 Å². The van der Waals surface area contributed by atoms with Crippen molar-refractivity contribution in [2.75, 3.05) is 7.05 Å². The van der Waals surface area contributed by atoms with Gasteiger partial charge in [0.25, 0.3) is 0 Å². The van der Waals surface area contributed by atoms with Crippen LogP contribution in [0.5, 0.6) is 0 Å². The molecule has 0 radical (unpaired) electrons. The summed E-state index contributed by atoms with van der Waals surface area (Å²) < 4.78 is 0. The van der Waals surface area contributed by atoms with Crippen molar-refractivity contribution in [2.24, 2.45) is 5.92 Å². The quantitative estimate of drug-likeness (QED) is 0.895. The summed E-state index contributed by atoms with van der Waals surface area (Å²) in [5.74, 6) is 0.542. The van der Waals surface area contributed by atoms with Crippen LogP contribution in [0.2, 0.25) is 0 Å². The van der Waals surface area contributed by atoms with E-state index in [4.69, 9.17) is 0 Å². The molecule has 0 unspecified atom stereocenters. The van der Waals surface area contributed by atoms with Gasteiger partial charge in [-0.15, -0.1) is 0 Å². The van der Waals surface area contributed by atoms with E-state index in [0.29, 0.717) is 12.5 Å². The SMILES string of the molecule is CN(Cc1cn[nH]c1)C(=O)C1CCCCCCC1. The van der Waals surface area contributed by atoms with E-state index >= 15 is 0 Å². The number of hydrogen-bond acceptors (Lipinski definition) is 2. The summed E-state index contributed by atoms with van der Waals surface area (Å²) in [5, 5.41) is 6.70. The van der Waals surface area contributed by atoms with E-state index in [1.54, 1.807) is 6.20 Å². The lowest BCUT2D eigenvalue weighted by Gasteiger charge is -2.24. The maximum atomic E-state index is 12.4. The molecule has 1 saturated carbocycles. The number of hydrogen-bond donors (Lipinski definition) is 1. The van der Waals surface area contributed by atoms with Gasteiger partial charge in [0.2, 0.25) is 5.91 Å². The zero-order valence-corrected chi connectivity index (χ0v) is 11.2. The molecule has 4 nitrogen and oxygen atoms in total. The smallest absolute Gasteiger partial charge is 0.225 e. The number of nitrogens with zero attached hydrogens (tertiary/aromatic N) is 2. The minimum Gasteiger partial charge on any atom is -0.341 e. The lowest BCUT2D eigenvalue weighted by atomic mass is 9.90. The number of amides is 1. The van der Waals surface area contributed by atoms with Gasteiger partial charge in [0.05, 0.1) is 6.20 Å². The van der Waals surface area contributed by atoms with Crippen LogP contribution in [0.4, 0.5) is 0 Å². The van der Waals surface area contributed by atoms with Crippen molar-refractivity contribution in [1.29, 1.82) is 0 Å². The van der Waals surface area contributed by atoms with Crippen molar-refractivity contribution >= 4 is 5.91 Å². The van der Waals surface area contributed by atoms with Crippen molar-refractivity contribution < 1.29 is 4.79 Å². The maximum absolute atomic E-state index is 12.4. The molecule has 0 aromatic carbocycles. The van der Waals surface area contributed by atoms with E-state index in [1.807, 2.05) is 18.1 Å². The lowest BCUT2D eigenvalue weighted by Crippen LogP contribution is -2.32. The highest BCUT2D eigenvalue weighted by atomic mass is 16.2. The Labute approximate surface area is 109 Å². The molecule has 0 aliphatic heterocycles. The predicted molar refractivity (Wildman–Crippen MR) is 70.9 cm³/mol. The fourth-order valence-corrected chi connectivity index (χ4v) is 2.73. The normalized spacial score (nSPS) is 18.1. The van der Waals surface area contributed by atoms with Crippen LogP contribution in [0.1, 0.15) is 50.5 Å². The Kier molecular flexibility index (Phi) is 4.79. The second-order valence-electron chi connectivity index (χ2n) is 5.34. The third-order valence-electron chi connectivity index (χ3n) is 3.81. The van der Waals surface area contributed by atoms with Gasteiger partial charge in [-0.05, 0) is 12.8 Å². The Balaban J connectivity index is 1.87. The molecule has 1 aliphatic carbocycles. The van der Waals surface area contributed by atoms with Gasteiger partial charge < -0.3 is 4.90 Å². The fraction of sp³-hybridized carbons (Fsp3) is 0.714. The highest BCUT2D eigenvalue weighted by Gasteiger charge is 2.22. The zero-order valence-electron chi connectivity index (χ0n) is 11.2. The number of rotatable bonds is 3. The van der Waals surface area contributed by atoms with Gasteiger partial charge in [-0.25, -0.2) is 0 Å². The Morgan fingerprint density at radius 2 is 2.00 bits per heavy atom. The highest BCUT2D eigenvalue weighted by Crippen LogP contribution is 2.24. The van der Waals surface area contributed by atoms with Crippen molar-refractivity contribution in [3.05, 3.63) is 18.0 Å².